The third kappa shape index (κ3) is 4.58. The van der Waals surface area contributed by atoms with E-state index >= 15 is 0 Å². The lowest BCUT2D eigenvalue weighted by molar-refractivity contribution is 0.121. The largest absolute Gasteiger partial charge is 0.500 e. The minimum absolute atomic E-state index is 0.0716. The molecule has 0 radical (unpaired) electrons. The van der Waals surface area contributed by atoms with Crippen LogP contribution in [-0.4, -0.2) is 42.7 Å². The van der Waals surface area contributed by atoms with Gasteiger partial charge in [-0.3, -0.25) is 0 Å². The Morgan fingerprint density at radius 3 is 1.93 bits per heavy atom. The summed E-state index contributed by atoms with van der Waals surface area (Å²) in [4.78, 5) is 0. The van der Waals surface area contributed by atoms with Crippen LogP contribution < -0.4 is 11.5 Å². The molecule has 5 nitrogen and oxygen atoms in total. The van der Waals surface area contributed by atoms with Crippen molar-refractivity contribution in [3.8, 4) is 0 Å². The molecule has 0 aromatic heterocycles. The van der Waals surface area contributed by atoms with Crippen LogP contribution in [0.3, 0.4) is 0 Å². The second-order valence-corrected chi connectivity index (χ2v) is 6.80. The van der Waals surface area contributed by atoms with Crippen molar-refractivity contribution in [2.45, 2.75) is 25.4 Å². The van der Waals surface area contributed by atoms with E-state index < -0.39 is 8.80 Å². The second kappa shape index (κ2) is 7.32. The Hall–Kier alpha value is 0.0169. The molecule has 2 unspecified atom stereocenters. The lowest BCUT2D eigenvalue weighted by Gasteiger charge is -2.26. The van der Waals surface area contributed by atoms with Crippen molar-refractivity contribution in [3.63, 3.8) is 0 Å². The first-order valence-corrected chi connectivity index (χ1v) is 7.09. The number of hydrogen-bond donors (Lipinski definition) is 2. The molecule has 0 rings (SSSR count). The van der Waals surface area contributed by atoms with Crippen molar-refractivity contribution in [2.75, 3.05) is 27.9 Å². The van der Waals surface area contributed by atoms with E-state index in [1.165, 1.54) is 0 Å². The van der Waals surface area contributed by atoms with Gasteiger partial charge in [-0.05, 0) is 18.9 Å². The normalized spacial score (nSPS) is 16.4. The van der Waals surface area contributed by atoms with E-state index in [9.17, 15) is 0 Å². The zero-order valence-corrected chi connectivity index (χ0v) is 11.2. The van der Waals surface area contributed by atoms with E-state index in [1.54, 1.807) is 21.3 Å². The van der Waals surface area contributed by atoms with Crippen molar-refractivity contribution >= 4 is 8.80 Å². The van der Waals surface area contributed by atoms with Crippen LogP contribution in [0, 0.1) is 5.92 Å². The first kappa shape index (κ1) is 15.0. The Labute approximate surface area is 93.4 Å². The molecule has 0 saturated heterocycles. The quantitative estimate of drug-likeness (QED) is 0.588. The summed E-state index contributed by atoms with van der Waals surface area (Å²) in [6, 6.07) is 0.796. The van der Waals surface area contributed by atoms with Crippen molar-refractivity contribution in [3.05, 3.63) is 0 Å². The van der Waals surface area contributed by atoms with Crippen molar-refractivity contribution < 1.29 is 13.3 Å². The molecular formula is C9H24N2O3Si. The summed E-state index contributed by atoms with van der Waals surface area (Å²) in [5.41, 5.74) is 11.5. The highest BCUT2D eigenvalue weighted by Gasteiger charge is 2.37. The molecule has 0 fully saturated rings. The Bertz CT molecular complexity index is 159. The van der Waals surface area contributed by atoms with Gasteiger partial charge in [-0.1, -0.05) is 6.92 Å². The van der Waals surface area contributed by atoms with E-state index in [4.69, 9.17) is 24.7 Å². The van der Waals surface area contributed by atoms with Gasteiger partial charge in [0.15, 0.2) is 0 Å². The molecule has 92 valence electrons. The summed E-state index contributed by atoms with van der Waals surface area (Å²) in [6.45, 7) is 2.64. The Morgan fingerprint density at radius 1 is 1.13 bits per heavy atom. The Morgan fingerprint density at radius 2 is 1.60 bits per heavy atom. The molecule has 0 aromatic carbocycles. The summed E-state index contributed by atoms with van der Waals surface area (Å²) >= 11 is 0. The van der Waals surface area contributed by atoms with Gasteiger partial charge in [0.05, 0.1) is 0 Å². The lowest BCUT2D eigenvalue weighted by Crippen LogP contribution is -2.45. The molecule has 0 aliphatic rings. The molecule has 0 spiro atoms. The SMILES string of the molecule is CO[Si](CCC(N)C(C)CN)(OC)OC. The number of rotatable bonds is 8. The fourth-order valence-corrected chi connectivity index (χ4v) is 3.16. The predicted molar refractivity (Wildman–Crippen MR) is 62.4 cm³/mol. The Balaban J connectivity index is 4.10. The van der Waals surface area contributed by atoms with Gasteiger partial charge in [-0.25, -0.2) is 0 Å². The van der Waals surface area contributed by atoms with Gasteiger partial charge in [0.25, 0.3) is 0 Å². The predicted octanol–water partition coefficient (Wildman–Crippen LogP) is 0.177. The zero-order valence-electron chi connectivity index (χ0n) is 10.2. The van der Waals surface area contributed by atoms with E-state index in [2.05, 4.69) is 0 Å². The van der Waals surface area contributed by atoms with Crippen LogP contribution in [0.15, 0.2) is 0 Å². The monoisotopic (exact) mass is 236 g/mol. The fraction of sp³-hybridized carbons (Fsp3) is 1.00. The van der Waals surface area contributed by atoms with Crippen molar-refractivity contribution in [2.24, 2.45) is 17.4 Å². The molecule has 15 heavy (non-hydrogen) atoms. The van der Waals surface area contributed by atoms with Crippen molar-refractivity contribution in [1.82, 2.24) is 0 Å². The third-order valence-corrected chi connectivity index (χ3v) is 5.59. The average molecular weight is 236 g/mol. The summed E-state index contributed by atoms with van der Waals surface area (Å²) in [5, 5.41) is 0. The van der Waals surface area contributed by atoms with Crippen LogP contribution >= 0.6 is 0 Å². The van der Waals surface area contributed by atoms with Gasteiger partial charge in [0.1, 0.15) is 0 Å². The molecule has 6 heteroatoms. The maximum atomic E-state index is 5.97. The van der Waals surface area contributed by atoms with Crippen LogP contribution in [-0.2, 0) is 13.3 Å². The molecule has 0 aliphatic heterocycles. The highest BCUT2D eigenvalue weighted by Crippen LogP contribution is 2.18. The lowest BCUT2D eigenvalue weighted by atomic mass is 10.0. The summed E-state index contributed by atoms with van der Waals surface area (Å²) in [7, 11) is 2.37. The maximum absolute atomic E-state index is 5.97. The fourth-order valence-electron chi connectivity index (χ4n) is 1.36. The molecular weight excluding hydrogens is 212 g/mol. The minimum Gasteiger partial charge on any atom is -0.377 e. The minimum atomic E-state index is -2.46. The van der Waals surface area contributed by atoms with Gasteiger partial charge in [0, 0.05) is 33.4 Å². The van der Waals surface area contributed by atoms with E-state index in [1.807, 2.05) is 6.92 Å². The van der Waals surface area contributed by atoms with Crippen LogP contribution in [0.4, 0.5) is 0 Å². The first-order valence-electron chi connectivity index (χ1n) is 5.16. The summed E-state index contributed by atoms with van der Waals surface area (Å²) in [6.07, 6.45) is 0.806. The number of hydrogen-bond acceptors (Lipinski definition) is 5. The molecule has 0 bridgehead atoms. The Kier molecular flexibility index (Phi) is 7.32. The molecule has 0 heterocycles. The van der Waals surface area contributed by atoms with Crippen LogP contribution in [0.2, 0.25) is 6.04 Å². The zero-order chi connectivity index (χ0) is 11.9. The summed E-state index contributed by atoms with van der Waals surface area (Å²) in [5.74, 6) is 0.308. The molecule has 4 N–H and O–H groups in total. The summed E-state index contributed by atoms with van der Waals surface area (Å²) < 4.78 is 15.9. The first-order chi connectivity index (χ1) is 7.05. The van der Waals surface area contributed by atoms with Gasteiger partial charge in [-0.15, -0.1) is 0 Å². The van der Waals surface area contributed by atoms with E-state index in [0.29, 0.717) is 12.5 Å². The molecule has 0 saturated carbocycles. The smallest absolute Gasteiger partial charge is 0.377 e. The van der Waals surface area contributed by atoms with E-state index in [-0.39, 0.29) is 6.04 Å². The van der Waals surface area contributed by atoms with Crippen LogP contribution in [0.1, 0.15) is 13.3 Å². The van der Waals surface area contributed by atoms with Gasteiger partial charge in [-0.2, -0.15) is 0 Å². The average Bonchev–Trinajstić information content (AvgIpc) is 2.30. The standard InChI is InChI=1S/C9H24N2O3Si/c1-8(7-10)9(11)5-6-15(12-2,13-3)14-4/h8-9H,5-7,10-11H2,1-4H3. The van der Waals surface area contributed by atoms with Gasteiger partial charge < -0.3 is 24.7 Å². The van der Waals surface area contributed by atoms with Gasteiger partial charge in [0.2, 0.25) is 0 Å². The van der Waals surface area contributed by atoms with E-state index in [0.717, 1.165) is 12.5 Å². The number of nitrogens with two attached hydrogens (primary N) is 2. The highest BCUT2D eigenvalue weighted by atomic mass is 28.4. The highest BCUT2D eigenvalue weighted by molar-refractivity contribution is 6.60. The van der Waals surface area contributed by atoms with Gasteiger partial charge >= 0.3 is 8.80 Å². The van der Waals surface area contributed by atoms with Crippen molar-refractivity contribution in [1.29, 1.82) is 0 Å². The molecule has 0 aliphatic carbocycles. The molecule has 0 amide bonds. The molecule has 0 aromatic rings. The van der Waals surface area contributed by atoms with Crippen LogP contribution in [0.5, 0.6) is 0 Å². The second-order valence-electron chi connectivity index (χ2n) is 3.71. The topological polar surface area (TPSA) is 79.7 Å². The third-order valence-electron chi connectivity index (χ3n) is 2.82. The van der Waals surface area contributed by atoms with Crippen LogP contribution in [0.25, 0.3) is 0 Å². The maximum Gasteiger partial charge on any atom is 0.500 e. The molecule has 2 atom stereocenters.